The normalized spacial score (nSPS) is 32.8. The molecule has 0 saturated carbocycles. The first-order valence-electron chi connectivity index (χ1n) is 6.35. The molecule has 2 unspecified atom stereocenters. The molecule has 0 amide bonds. The van der Waals surface area contributed by atoms with Crippen LogP contribution in [0.2, 0.25) is 0 Å². The number of nitrogens with one attached hydrogen (secondary N) is 1. The minimum Gasteiger partial charge on any atom is -0.379 e. The van der Waals surface area contributed by atoms with Gasteiger partial charge in [0.05, 0.1) is 12.7 Å². The van der Waals surface area contributed by atoms with Gasteiger partial charge in [-0.15, -0.1) is 0 Å². The van der Waals surface area contributed by atoms with Gasteiger partial charge in [0.25, 0.3) is 0 Å². The first-order valence-corrected chi connectivity index (χ1v) is 6.35. The van der Waals surface area contributed by atoms with E-state index in [-0.39, 0.29) is 0 Å². The van der Waals surface area contributed by atoms with Gasteiger partial charge in [-0.25, -0.2) is 0 Å². The molecule has 0 aromatic carbocycles. The largest absolute Gasteiger partial charge is 0.379 e. The van der Waals surface area contributed by atoms with Gasteiger partial charge in [-0.05, 0) is 51.1 Å². The molecule has 0 aromatic heterocycles. The maximum absolute atomic E-state index is 5.83. The average Bonchev–Trinajstić information content (AvgIpc) is 2.32. The molecule has 0 aliphatic carbocycles. The molecule has 88 valence electrons. The van der Waals surface area contributed by atoms with Crippen LogP contribution in [0.15, 0.2) is 0 Å². The van der Waals surface area contributed by atoms with Crippen molar-refractivity contribution < 1.29 is 9.47 Å². The summed E-state index contributed by atoms with van der Waals surface area (Å²) >= 11 is 0. The van der Waals surface area contributed by atoms with Crippen LogP contribution in [0.5, 0.6) is 0 Å². The third kappa shape index (κ3) is 4.09. The molecule has 2 rings (SSSR count). The van der Waals surface area contributed by atoms with Gasteiger partial charge in [0, 0.05) is 13.2 Å². The number of hydrogen-bond acceptors (Lipinski definition) is 3. The Morgan fingerprint density at radius 3 is 3.00 bits per heavy atom. The topological polar surface area (TPSA) is 30.5 Å². The third-order valence-electron chi connectivity index (χ3n) is 3.40. The Bertz CT molecular complexity index is 145. The van der Waals surface area contributed by atoms with E-state index in [0.717, 1.165) is 32.2 Å². The zero-order valence-corrected chi connectivity index (χ0v) is 9.54. The molecule has 2 saturated heterocycles. The highest BCUT2D eigenvalue weighted by atomic mass is 16.5. The summed E-state index contributed by atoms with van der Waals surface area (Å²) in [6.45, 7) is 5.04. The van der Waals surface area contributed by atoms with Gasteiger partial charge in [0.2, 0.25) is 0 Å². The number of rotatable bonds is 4. The summed E-state index contributed by atoms with van der Waals surface area (Å²) in [6, 6.07) is 0. The van der Waals surface area contributed by atoms with Crippen LogP contribution in [0, 0.1) is 5.92 Å². The zero-order valence-electron chi connectivity index (χ0n) is 9.54. The number of ether oxygens (including phenoxy) is 2. The van der Waals surface area contributed by atoms with E-state index in [1.165, 1.54) is 38.8 Å². The highest BCUT2D eigenvalue weighted by Gasteiger charge is 2.16. The zero-order chi connectivity index (χ0) is 10.3. The van der Waals surface area contributed by atoms with Crippen LogP contribution in [0.3, 0.4) is 0 Å². The lowest BCUT2D eigenvalue weighted by Gasteiger charge is -2.25. The Labute approximate surface area is 92.5 Å². The summed E-state index contributed by atoms with van der Waals surface area (Å²) in [5.41, 5.74) is 0. The fraction of sp³-hybridized carbons (Fsp3) is 1.00. The third-order valence-corrected chi connectivity index (χ3v) is 3.40. The molecule has 2 aliphatic rings. The molecular weight excluding hydrogens is 190 g/mol. The summed E-state index contributed by atoms with van der Waals surface area (Å²) < 4.78 is 11.2. The summed E-state index contributed by atoms with van der Waals surface area (Å²) in [5.74, 6) is 0.836. The van der Waals surface area contributed by atoms with Crippen LogP contribution in [0.4, 0.5) is 0 Å². The number of piperidine rings is 1. The Hall–Kier alpha value is -0.120. The van der Waals surface area contributed by atoms with E-state index in [2.05, 4.69) is 5.32 Å². The SMILES string of the molecule is C1CNCC(CCOC2CCCOC2)C1. The number of hydrogen-bond donors (Lipinski definition) is 1. The molecule has 2 heterocycles. The highest BCUT2D eigenvalue weighted by Crippen LogP contribution is 2.16. The average molecular weight is 213 g/mol. The Morgan fingerprint density at radius 2 is 2.27 bits per heavy atom. The van der Waals surface area contributed by atoms with E-state index < -0.39 is 0 Å². The molecule has 2 atom stereocenters. The van der Waals surface area contributed by atoms with Crippen molar-refractivity contribution in [3.63, 3.8) is 0 Å². The lowest BCUT2D eigenvalue weighted by Crippen LogP contribution is -2.31. The second kappa shape index (κ2) is 6.46. The standard InChI is InChI=1S/C12H23NO2/c1-3-11(9-13-6-1)5-8-15-12-4-2-7-14-10-12/h11-13H,1-10H2. The molecule has 3 heteroatoms. The van der Waals surface area contributed by atoms with Crippen molar-refractivity contribution in [3.05, 3.63) is 0 Å². The monoisotopic (exact) mass is 213 g/mol. The van der Waals surface area contributed by atoms with E-state index in [1.807, 2.05) is 0 Å². The van der Waals surface area contributed by atoms with Gasteiger partial charge in [-0.3, -0.25) is 0 Å². The fourth-order valence-electron chi connectivity index (χ4n) is 2.41. The minimum absolute atomic E-state index is 0.371. The first kappa shape index (κ1) is 11.4. The van der Waals surface area contributed by atoms with Crippen LogP contribution >= 0.6 is 0 Å². The summed E-state index contributed by atoms with van der Waals surface area (Å²) in [7, 11) is 0. The van der Waals surface area contributed by atoms with Gasteiger partial charge >= 0.3 is 0 Å². The van der Waals surface area contributed by atoms with Gasteiger partial charge < -0.3 is 14.8 Å². The van der Waals surface area contributed by atoms with Crippen LogP contribution in [0.25, 0.3) is 0 Å². The van der Waals surface area contributed by atoms with E-state index >= 15 is 0 Å². The van der Waals surface area contributed by atoms with Crippen molar-refractivity contribution in [2.75, 3.05) is 32.9 Å². The molecule has 0 aromatic rings. The molecular formula is C12H23NO2. The van der Waals surface area contributed by atoms with Crippen molar-refractivity contribution in [2.24, 2.45) is 5.92 Å². The highest BCUT2D eigenvalue weighted by molar-refractivity contribution is 4.69. The Morgan fingerprint density at radius 1 is 1.27 bits per heavy atom. The summed E-state index contributed by atoms with van der Waals surface area (Å²) in [6.07, 6.45) is 6.63. The van der Waals surface area contributed by atoms with Gasteiger partial charge in [0.1, 0.15) is 0 Å². The minimum atomic E-state index is 0.371. The van der Waals surface area contributed by atoms with Crippen molar-refractivity contribution >= 4 is 0 Å². The molecule has 2 aliphatic heterocycles. The van der Waals surface area contributed by atoms with Crippen molar-refractivity contribution in [1.82, 2.24) is 5.32 Å². The second-order valence-electron chi connectivity index (χ2n) is 4.71. The summed E-state index contributed by atoms with van der Waals surface area (Å²) in [4.78, 5) is 0. The van der Waals surface area contributed by atoms with Crippen LogP contribution in [-0.4, -0.2) is 39.0 Å². The van der Waals surface area contributed by atoms with Crippen molar-refractivity contribution in [1.29, 1.82) is 0 Å². The van der Waals surface area contributed by atoms with Crippen LogP contribution in [0.1, 0.15) is 32.1 Å². The fourth-order valence-corrected chi connectivity index (χ4v) is 2.41. The molecule has 0 spiro atoms. The quantitative estimate of drug-likeness (QED) is 0.769. The van der Waals surface area contributed by atoms with E-state index in [1.54, 1.807) is 0 Å². The molecule has 15 heavy (non-hydrogen) atoms. The second-order valence-corrected chi connectivity index (χ2v) is 4.71. The smallest absolute Gasteiger partial charge is 0.0809 e. The molecule has 0 bridgehead atoms. The van der Waals surface area contributed by atoms with Gasteiger partial charge in [-0.2, -0.15) is 0 Å². The summed E-state index contributed by atoms with van der Waals surface area (Å²) in [5, 5.41) is 3.44. The van der Waals surface area contributed by atoms with Crippen molar-refractivity contribution in [2.45, 2.75) is 38.2 Å². The van der Waals surface area contributed by atoms with Crippen LogP contribution < -0.4 is 5.32 Å². The molecule has 3 nitrogen and oxygen atoms in total. The predicted octanol–water partition coefficient (Wildman–Crippen LogP) is 1.57. The molecule has 2 fully saturated rings. The first-order chi connectivity index (χ1) is 7.45. The molecule has 0 radical (unpaired) electrons. The van der Waals surface area contributed by atoms with Crippen LogP contribution in [-0.2, 0) is 9.47 Å². The van der Waals surface area contributed by atoms with E-state index in [9.17, 15) is 0 Å². The van der Waals surface area contributed by atoms with E-state index in [4.69, 9.17) is 9.47 Å². The predicted molar refractivity (Wildman–Crippen MR) is 60.0 cm³/mol. The maximum atomic E-state index is 5.83. The maximum Gasteiger partial charge on any atom is 0.0809 e. The lowest BCUT2D eigenvalue weighted by molar-refractivity contribution is -0.0532. The van der Waals surface area contributed by atoms with Gasteiger partial charge in [0.15, 0.2) is 0 Å². The Kier molecular flexibility index (Phi) is 4.90. The van der Waals surface area contributed by atoms with Crippen molar-refractivity contribution in [3.8, 4) is 0 Å². The Balaban J connectivity index is 1.53. The lowest BCUT2D eigenvalue weighted by atomic mass is 9.97. The molecule has 1 N–H and O–H groups in total. The van der Waals surface area contributed by atoms with Gasteiger partial charge in [-0.1, -0.05) is 0 Å². The van der Waals surface area contributed by atoms with E-state index in [0.29, 0.717) is 6.10 Å².